The molecular formula is C10H21N3. The van der Waals surface area contributed by atoms with Crippen molar-refractivity contribution in [2.45, 2.75) is 39.5 Å². The van der Waals surface area contributed by atoms with Crippen LogP contribution in [-0.4, -0.2) is 11.6 Å². The number of hydrogen-bond acceptors (Lipinski definition) is 3. The summed E-state index contributed by atoms with van der Waals surface area (Å²) in [6, 6.07) is 0. The second-order valence-electron chi connectivity index (χ2n) is 3.83. The first-order valence-corrected chi connectivity index (χ1v) is 5.17. The first-order chi connectivity index (χ1) is 6.16. The van der Waals surface area contributed by atoms with Crippen LogP contribution < -0.4 is 11.6 Å². The zero-order chi connectivity index (χ0) is 9.84. The Bertz CT molecular complexity index is 198. The Morgan fingerprint density at radius 3 is 2.77 bits per heavy atom. The van der Waals surface area contributed by atoms with E-state index in [0.717, 1.165) is 24.4 Å². The Balaban J connectivity index is 2.80. The fourth-order valence-corrected chi connectivity index (χ4v) is 1.83. The van der Waals surface area contributed by atoms with Crippen molar-refractivity contribution < 1.29 is 0 Å². The van der Waals surface area contributed by atoms with Crippen LogP contribution in [0.25, 0.3) is 0 Å². The average molecular weight is 183 g/mol. The molecule has 76 valence electrons. The fraction of sp³-hybridized carbons (Fsp3) is 0.800. The predicted molar refractivity (Wildman–Crippen MR) is 55.4 cm³/mol. The van der Waals surface area contributed by atoms with Gasteiger partial charge in [0.15, 0.2) is 0 Å². The van der Waals surface area contributed by atoms with Gasteiger partial charge < -0.3 is 10.7 Å². The zero-order valence-corrected chi connectivity index (χ0v) is 8.71. The van der Waals surface area contributed by atoms with E-state index in [1.54, 1.807) is 5.01 Å². The molecule has 0 aromatic rings. The molecule has 0 fully saturated rings. The summed E-state index contributed by atoms with van der Waals surface area (Å²) in [5.74, 6) is 6.36. The summed E-state index contributed by atoms with van der Waals surface area (Å²) < 4.78 is 0. The monoisotopic (exact) mass is 183 g/mol. The lowest BCUT2D eigenvalue weighted by molar-refractivity contribution is 0.356. The van der Waals surface area contributed by atoms with E-state index in [0.29, 0.717) is 5.92 Å². The lowest BCUT2D eigenvalue weighted by Gasteiger charge is -2.22. The molecule has 1 rings (SSSR count). The maximum absolute atomic E-state index is 6.06. The molecule has 3 nitrogen and oxygen atoms in total. The van der Waals surface area contributed by atoms with Crippen molar-refractivity contribution in [3.8, 4) is 0 Å². The molecule has 0 heterocycles. The lowest BCUT2D eigenvalue weighted by Crippen LogP contribution is -2.32. The van der Waals surface area contributed by atoms with Gasteiger partial charge in [-0.1, -0.05) is 13.3 Å². The first kappa shape index (κ1) is 10.4. The highest BCUT2D eigenvalue weighted by Crippen LogP contribution is 2.26. The second-order valence-corrected chi connectivity index (χ2v) is 3.83. The Hall–Kier alpha value is -0.700. The van der Waals surface area contributed by atoms with Crippen LogP contribution in [0.3, 0.4) is 0 Å². The first-order valence-electron chi connectivity index (χ1n) is 5.17. The average Bonchev–Trinajstić information content (AvgIpc) is 2.29. The number of allylic oxidation sites excluding steroid dienone is 2. The van der Waals surface area contributed by atoms with Gasteiger partial charge in [0.2, 0.25) is 0 Å². The second kappa shape index (κ2) is 4.51. The zero-order valence-electron chi connectivity index (χ0n) is 8.71. The number of hydrazine groups is 1. The van der Waals surface area contributed by atoms with Crippen molar-refractivity contribution in [2.24, 2.45) is 17.5 Å². The summed E-state index contributed by atoms with van der Waals surface area (Å²) in [5.41, 5.74) is 8.22. The van der Waals surface area contributed by atoms with Crippen molar-refractivity contribution in [1.82, 2.24) is 5.01 Å². The van der Waals surface area contributed by atoms with Crippen LogP contribution in [-0.2, 0) is 0 Å². The van der Waals surface area contributed by atoms with Crippen LogP contribution in [0.2, 0.25) is 0 Å². The van der Waals surface area contributed by atoms with E-state index in [9.17, 15) is 0 Å². The van der Waals surface area contributed by atoms with E-state index < -0.39 is 0 Å². The van der Waals surface area contributed by atoms with E-state index in [4.69, 9.17) is 11.6 Å². The van der Waals surface area contributed by atoms with Crippen molar-refractivity contribution in [2.75, 3.05) is 6.54 Å². The van der Waals surface area contributed by atoms with Crippen LogP contribution in [0.5, 0.6) is 0 Å². The molecule has 0 saturated heterocycles. The maximum atomic E-state index is 6.06. The van der Waals surface area contributed by atoms with E-state index in [-0.39, 0.29) is 0 Å². The van der Waals surface area contributed by atoms with Gasteiger partial charge in [-0.3, -0.25) is 0 Å². The number of rotatable bonds is 2. The van der Waals surface area contributed by atoms with Gasteiger partial charge in [-0.25, -0.2) is 5.84 Å². The molecule has 0 bridgehead atoms. The number of nitrogens with zero attached hydrogens (tertiary/aromatic N) is 1. The largest absolute Gasteiger partial charge is 0.400 e. The van der Waals surface area contributed by atoms with E-state index in [1.165, 1.54) is 19.3 Å². The smallest absolute Gasteiger partial charge is 0.0480 e. The molecule has 0 aromatic heterocycles. The highest BCUT2D eigenvalue weighted by Gasteiger charge is 2.17. The van der Waals surface area contributed by atoms with Crippen molar-refractivity contribution in [3.05, 3.63) is 11.4 Å². The Kier molecular flexibility index (Phi) is 3.60. The molecule has 0 amide bonds. The van der Waals surface area contributed by atoms with Crippen LogP contribution >= 0.6 is 0 Å². The highest BCUT2D eigenvalue weighted by atomic mass is 15.4. The summed E-state index contributed by atoms with van der Waals surface area (Å²) in [6.45, 7) is 5.07. The van der Waals surface area contributed by atoms with Gasteiger partial charge in [-0.2, -0.15) is 0 Å². The predicted octanol–water partition coefficient (Wildman–Crippen LogP) is 1.56. The molecule has 0 aromatic carbocycles. The third kappa shape index (κ3) is 2.37. The quantitative estimate of drug-likeness (QED) is 0.504. The molecule has 1 aliphatic rings. The summed E-state index contributed by atoms with van der Waals surface area (Å²) >= 11 is 0. The van der Waals surface area contributed by atoms with Crippen LogP contribution in [0.15, 0.2) is 11.4 Å². The van der Waals surface area contributed by atoms with Gasteiger partial charge >= 0.3 is 0 Å². The maximum Gasteiger partial charge on any atom is 0.0480 e. The van der Waals surface area contributed by atoms with Gasteiger partial charge in [0.05, 0.1) is 0 Å². The van der Waals surface area contributed by atoms with Gasteiger partial charge in [0.1, 0.15) is 0 Å². The SMILES string of the molecule is CCN(N)C1=C(N)C(C)CCCC1. The molecule has 0 aliphatic heterocycles. The molecule has 0 saturated carbocycles. The van der Waals surface area contributed by atoms with E-state index >= 15 is 0 Å². The van der Waals surface area contributed by atoms with Crippen LogP contribution in [0.1, 0.15) is 39.5 Å². The molecule has 0 spiro atoms. The van der Waals surface area contributed by atoms with Gasteiger partial charge in [0.25, 0.3) is 0 Å². The minimum atomic E-state index is 0.495. The van der Waals surface area contributed by atoms with Gasteiger partial charge in [-0.05, 0) is 32.1 Å². The summed E-state index contributed by atoms with van der Waals surface area (Å²) in [4.78, 5) is 0. The minimum Gasteiger partial charge on any atom is -0.400 e. The Labute approximate surface area is 80.7 Å². The van der Waals surface area contributed by atoms with Crippen molar-refractivity contribution in [3.63, 3.8) is 0 Å². The highest BCUT2D eigenvalue weighted by molar-refractivity contribution is 5.13. The normalized spacial score (nSPS) is 24.4. The molecule has 0 radical (unpaired) electrons. The third-order valence-electron chi connectivity index (χ3n) is 2.85. The van der Waals surface area contributed by atoms with Crippen LogP contribution in [0.4, 0.5) is 0 Å². The summed E-state index contributed by atoms with van der Waals surface area (Å²) in [5, 5.41) is 1.79. The van der Waals surface area contributed by atoms with E-state index in [2.05, 4.69) is 13.8 Å². The molecule has 1 atom stereocenters. The minimum absolute atomic E-state index is 0.495. The summed E-state index contributed by atoms with van der Waals surface area (Å²) in [6.07, 6.45) is 4.73. The third-order valence-corrected chi connectivity index (χ3v) is 2.85. The van der Waals surface area contributed by atoms with Gasteiger partial charge in [0, 0.05) is 17.9 Å². The van der Waals surface area contributed by atoms with E-state index in [1.807, 2.05) is 0 Å². The molecule has 3 heteroatoms. The fourth-order valence-electron chi connectivity index (χ4n) is 1.83. The standard InChI is InChI=1S/C10H21N3/c1-3-13(12)9-7-5-4-6-8(2)10(9)11/h8H,3-7,11-12H2,1-2H3. The molecule has 1 unspecified atom stereocenters. The van der Waals surface area contributed by atoms with Crippen LogP contribution in [0, 0.1) is 5.92 Å². The number of nitrogens with two attached hydrogens (primary N) is 2. The molecule has 13 heavy (non-hydrogen) atoms. The molecule has 1 aliphatic carbocycles. The molecule has 4 N–H and O–H groups in total. The topological polar surface area (TPSA) is 55.3 Å². The number of hydrogen-bond donors (Lipinski definition) is 2. The van der Waals surface area contributed by atoms with Crippen molar-refractivity contribution in [1.29, 1.82) is 0 Å². The molecular weight excluding hydrogens is 162 g/mol. The van der Waals surface area contributed by atoms with Crippen molar-refractivity contribution >= 4 is 0 Å². The van der Waals surface area contributed by atoms with Gasteiger partial charge in [-0.15, -0.1) is 0 Å². The Morgan fingerprint density at radius 2 is 2.15 bits per heavy atom. The lowest BCUT2D eigenvalue weighted by atomic mass is 10.0. The Morgan fingerprint density at radius 1 is 1.46 bits per heavy atom. The summed E-state index contributed by atoms with van der Waals surface area (Å²) in [7, 11) is 0.